The molecule has 0 spiro atoms. The van der Waals surface area contributed by atoms with Gasteiger partial charge in [0, 0.05) is 25.2 Å². The number of sulfonamides is 1. The minimum atomic E-state index is -3.63. The second kappa shape index (κ2) is 8.99. The summed E-state index contributed by atoms with van der Waals surface area (Å²) in [4.78, 5) is 17.5. The van der Waals surface area contributed by atoms with Gasteiger partial charge in [0.05, 0.1) is 28.3 Å². The van der Waals surface area contributed by atoms with Crippen molar-refractivity contribution in [1.29, 1.82) is 0 Å². The number of aromatic nitrogens is 1. The Morgan fingerprint density at radius 3 is 2.55 bits per heavy atom. The molecule has 0 saturated carbocycles. The molecule has 10 heteroatoms. The molecule has 1 aliphatic rings. The number of nitrogens with zero attached hydrogens (tertiary/aromatic N) is 3. The van der Waals surface area contributed by atoms with Gasteiger partial charge in [-0.05, 0) is 42.8 Å². The Morgan fingerprint density at radius 1 is 1.16 bits per heavy atom. The average Bonchev–Trinajstić information content (AvgIpc) is 3.13. The maximum atomic E-state index is 14.3. The van der Waals surface area contributed by atoms with Crippen molar-refractivity contribution in [3.05, 3.63) is 58.6 Å². The lowest BCUT2D eigenvalue weighted by molar-refractivity contribution is 0.0730. The fourth-order valence-electron chi connectivity index (χ4n) is 3.46. The number of para-hydroxylation sites is 1. The molecule has 2 aromatic carbocycles. The standard InChI is InChI=1S/C21H22FN3O4S2/c1-2-10-25-19-17(22)4-3-5-18(19)30-21(25)23-20(26)15-6-8-16(9-7-15)31(27,28)24-11-13-29-14-12-24/h3-9H,2,10-14H2,1H3. The summed E-state index contributed by atoms with van der Waals surface area (Å²) in [5, 5.41) is 0. The van der Waals surface area contributed by atoms with E-state index >= 15 is 0 Å². The van der Waals surface area contributed by atoms with Crippen molar-refractivity contribution in [2.75, 3.05) is 26.3 Å². The number of hydrogen-bond donors (Lipinski definition) is 0. The molecular weight excluding hydrogens is 441 g/mol. The monoisotopic (exact) mass is 463 g/mol. The van der Waals surface area contributed by atoms with E-state index in [4.69, 9.17) is 4.74 Å². The first-order valence-electron chi connectivity index (χ1n) is 9.96. The van der Waals surface area contributed by atoms with E-state index in [0.29, 0.717) is 47.9 Å². The molecule has 164 valence electrons. The van der Waals surface area contributed by atoms with Crippen LogP contribution in [0.2, 0.25) is 0 Å². The lowest BCUT2D eigenvalue weighted by Gasteiger charge is -2.26. The fraction of sp³-hybridized carbons (Fsp3) is 0.333. The number of fused-ring (bicyclic) bond motifs is 1. The predicted octanol–water partition coefficient (Wildman–Crippen LogP) is 3.01. The molecule has 1 aliphatic heterocycles. The first-order valence-corrected chi connectivity index (χ1v) is 12.2. The Hall–Kier alpha value is -2.40. The molecule has 7 nitrogen and oxygen atoms in total. The number of rotatable bonds is 5. The number of ether oxygens (including phenoxy) is 1. The number of aryl methyl sites for hydroxylation is 1. The first-order chi connectivity index (χ1) is 14.9. The van der Waals surface area contributed by atoms with Crippen molar-refractivity contribution in [2.45, 2.75) is 24.8 Å². The fourth-order valence-corrected chi connectivity index (χ4v) is 5.94. The Balaban J connectivity index is 1.66. The molecule has 0 N–H and O–H groups in total. The molecule has 0 radical (unpaired) electrons. The molecule has 0 bridgehead atoms. The number of thiazole rings is 1. The van der Waals surface area contributed by atoms with E-state index in [-0.39, 0.29) is 16.3 Å². The van der Waals surface area contributed by atoms with Gasteiger partial charge in [0.1, 0.15) is 5.82 Å². The lowest BCUT2D eigenvalue weighted by Crippen LogP contribution is -2.40. The third-order valence-electron chi connectivity index (χ3n) is 5.01. The molecule has 1 fully saturated rings. The van der Waals surface area contributed by atoms with Crippen LogP contribution in [0.1, 0.15) is 23.7 Å². The molecule has 31 heavy (non-hydrogen) atoms. The van der Waals surface area contributed by atoms with Crippen molar-refractivity contribution in [1.82, 2.24) is 8.87 Å². The Labute approximate surface area is 183 Å². The topological polar surface area (TPSA) is 81.0 Å². The first kappa shape index (κ1) is 21.8. The van der Waals surface area contributed by atoms with Crippen LogP contribution < -0.4 is 4.80 Å². The molecule has 1 amide bonds. The van der Waals surface area contributed by atoms with E-state index in [1.54, 1.807) is 16.7 Å². The molecule has 1 saturated heterocycles. The summed E-state index contributed by atoms with van der Waals surface area (Å²) in [5.74, 6) is -0.860. The van der Waals surface area contributed by atoms with Gasteiger partial charge in [0.25, 0.3) is 5.91 Å². The van der Waals surface area contributed by atoms with Gasteiger partial charge >= 0.3 is 0 Å². The number of carbonyl (C=O) groups is 1. The molecular formula is C21H22FN3O4S2. The minimum absolute atomic E-state index is 0.121. The summed E-state index contributed by atoms with van der Waals surface area (Å²) in [6.45, 7) is 3.83. The maximum Gasteiger partial charge on any atom is 0.279 e. The molecule has 0 aliphatic carbocycles. The van der Waals surface area contributed by atoms with Gasteiger partial charge in [-0.25, -0.2) is 12.8 Å². The molecule has 2 heterocycles. The summed E-state index contributed by atoms with van der Waals surface area (Å²) in [6, 6.07) is 10.6. The highest BCUT2D eigenvalue weighted by Crippen LogP contribution is 2.21. The third-order valence-corrected chi connectivity index (χ3v) is 7.96. The van der Waals surface area contributed by atoms with Gasteiger partial charge in [0.15, 0.2) is 4.80 Å². The molecule has 0 unspecified atom stereocenters. The number of halogens is 1. The van der Waals surface area contributed by atoms with Crippen LogP contribution in [0.4, 0.5) is 4.39 Å². The second-order valence-corrected chi connectivity index (χ2v) is 10.0. The second-order valence-electron chi connectivity index (χ2n) is 7.08. The van der Waals surface area contributed by atoms with E-state index < -0.39 is 15.9 Å². The minimum Gasteiger partial charge on any atom is -0.379 e. The highest BCUT2D eigenvalue weighted by Gasteiger charge is 2.26. The zero-order valence-electron chi connectivity index (χ0n) is 17.0. The summed E-state index contributed by atoms with van der Waals surface area (Å²) >= 11 is 1.25. The van der Waals surface area contributed by atoms with E-state index in [9.17, 15) is 17.6 Å². The van der Waals surface area contributed by atoms with E-state index in [2.05, 4.69) is 4.99 Å². The third kappa shape index (κ3) is 4.33. The highest BCUT2D eigenvalue weighted by molar-refractivity contribution is 7.89. The summed E-state index contributed by atoms with van der Waals surface area (Å²) in [6.07, 6.45) is 0.760. The van der Waals surface area contributed by atoms with Crippen LogP contribution in [0, 0.1) is 5.82 Å². The molecule has 4 rings (SSSR count). The van der Waals surface area contributed by atoms with Crippen LogP contribution in [-0.4, -0.2) is 49.5 Å². The van der Waals surface area contributed by atoms with Crippen molar-refractivity contribution >= 4 is 37.5 Å². The van der Waals surface area contributed by atoms with Gasteiger partial charge in [-0.3, -0.25) is 4.79 Å². The van der Waals surface area contributed by atoms with E-state index in [1.807, 2.05) is 6.92 Å². The van der Waals surface area contributed by atoms with E-state index in [1.165, 1.54) is 46.0 Å². The number of benzene rings is 2. The van der Waals surface area contributed by atoms with Crippen LogP contribution in [-0.2, 0) is 21.3 Å². The van der Waals surface area contributed by atoms with Gasteiger partial charge in [-0.2, -0.15) is 9.30 Å². The van der Waals surface area contributed by atoms with Crippen LogP contribution in [0.25, 0.3) is 10.2 Å². The maximum absolute atomic E-state index is 14.3. The number of carbonyl (C=O) groups excluding carboxylic acids is 1. The molecule has 0 atom stereocenters. The Bertz CT molecular complexity index is 1270. The summed E-state index contributed by atoms with van der Waals surface area (Å²) in [7, 11) is -3.63. The highest BCUT2D eigenvalue weighted by atomic mass is 32.2. The van der Waals surface area contributed by atoms with E-state index in [0.717, 1.165) is 6.42 Å². The van der Waals surface area contributed by atoms with Crippen molar-refractivity contribution < 1.29 is 22.3 Å². The average molecular weight is 464 g/mol. The predicted molar refractivity (Wildman–Crippen MR) is 116 cm³/mol. The Kier molecular flexibility index (Phi) is 6.33. The zero-order chi connectivity index (χ0) is 22.0. The summed E-state index contributed by atoms with van der Waals surface area (Å²) < 4.78 is 48.8. The SMILES string of the molecule is CCCn1c(=NC(=O)c2ccc(S(=O)(=O)N3CCOCC3)cc2)sc2cccc(F)c21. The number of morpholine rings is 1. The van der Waals surface area contributed by atoms with Crippen LogP contribution >= 0.6 is 11.3 Å². The van der Waals surface area contributed by atoms with Gasteiger partial charge in [-0.15, -0.1) is 0 Å². The zero-order valence-corrected chi connectivity index (χ0v) is 18.6. The van der Waals surface area contributed by atoms with Crippen molar-refractivity contribution in [2.24, 2.45) is 4.99 Å². The van der Waals surface area contributed by atoms with Crippen LogP contribution in [0.5, 0.6) is 0 Å². The van der Waals surface area contributed by atoms with Gasteiger partial charge in [0.2, 0.25) is 10.0 Å². The molecule has 3 aromatic rings. The van der Waals surface area contributed by atoms with Gasteiger partial charge < -0.3 is 9.30 Å². The van der Waals surface area contributed by atoms with Crippen LogP contribution in [0.3, 0.4) is 0 Å². The number of amides is 1. The lowest BCUT2D eigenvalue weighted by atomic mass is 10.2. The largest absolute Gasteiger partial charge is 0.379 e. The summed E-state index contributed by atoms with van der Waals surface area (Å²) in [5.41, 5.74) is 0.703. The molecule has 1 aromatic heterocycles. The Morgan fingerprint density at radius 2 is 1.87 bits per heavy atom. The van der Waals surface area contributed by atoms with Crippen LogP contribution in [0.15, 0.2) is 52.4 Å². The van der Waals surface area contributed by atoms with Gasteiger partial charge in [-0.1, -0.05) is 24.3 Å². The number of hydrogen-bond acceptors (Lipinski definition) is 5. The van der Waals surface area contributed by atoms with Crippen molar-refractivity contribution in [3.8, 4) is 0 Å². The normalized spacial score (nSPS) is 16.1. The quantitative estimate of drug-likeness (QED) is 0.583. The smallest absolute Gasteiger partial charge is 0.279 e. The van der Waals surface area contributed by atoms with Crippen molar-refractivity contribution in [3.63, 3.8) is 0 Å².